The predicted molar refractivity (Wildman–Crippen MR) is 117 cm³/mol. The van der Waals surface area contributed by atoms with Crippen molar-refractivity contribution in [3.63, 3.8) is 0 Å². The smallest absolute Gasteiger partial charge is 0.338 e. The lowest BCUT2D eigenvalue weighted by molar-refractivity contribution is 0.0473. The molecule has 1 aromatic heterocycles. The van der Waals surface area contributed by atoms with Gasteiger partial charge in [-0.3, -0.25) is 0 Å². The highest BCUT2D eigenvalue weighted by Gasteiger charge is 2.30. The van der Waals surface area contributed by atoms with Gasteiger partial charge in [-0.15, -0.1) is 0 Å². The number of nitrogens with one attached hydrogen (secondary N) is 1. The van der Waals surface area contributed by atoms with Gasteiger partial charge in [-0.1, -0.05) is 0 Å². The van der Waals surface area contributed by atoms with E-state index in [4.69, 9.17) is 13.9 Å². The zero-order valence-corrected chi connectivity index (χ0v) is 18.7. The highest BCUT2D eigenvalue weighted by Crippen LogP contribution is 2.29. The first-order chi connectivity index (χ1) is 15.2. The van der Waals surface area contributed by atoms with Crippen LogP contribution in [0.4, 0.5) is 0 Å². The van der Waals surface area contributed by atoms with Crippen molar-refractivity contribution in [1.29, 1.82) is 0 Å². The summed E-state index contributed by atoms with van der Waals surface area (Å²) in [6.45, 7) is 3.68. The lowest BCUT2D eigenvalue weighted by atomic mass is 10.0. The standard InChI is InChI=1S/C23H23NO7S/c1-13-8-18-16(11-22(25)31-20(18)9-14(13)2)12-30-23(26)15-4-7-19(29-3)21(10-15)32(27,28)24-17-5-6-17/h4,7-11,17,24H,5-6,12H2,1-3H3. The molecule has 0 aliphatic heterocycles. The van der Waals surface area contributed by atoms with Crippen molar-refractivity contribution in [2.24, 2.45) is 0 Å². The third-order valence-electron chi connectivity index (χ3n) is 5.39. The molecule has 0 radical (unpaired) electrons. The molecule has 1 fully saturated rings. The van der Waals surface area contributed by atoms with Crippen LogP contribution in [-0.4, -0.2) is 27.5 Å². The van der Waals surface area contributed by atoms with Gasteiger partial charge in [0.15, 0.2) is 0 Å². The molecule has 168 valence electrons. The summed E-state index contributed by atoms with van der Waals surface area (Å²) in [6.07, 6.45) is 1.56. The van der Waals surface area contributed by atoms with Gasteiger partial charge in [0.2, 0.25) is 10.0 Å². The first kappa shape index (κ1) is 22.0. The molecule has 9 heteroatoms. The number of carbonyl (C=O) groups excluding carboxylic acids is 1. The molecule has 3 aromatic rings. The monoisotopic (exact) mass is 457 g/mol. The largest absolute Gasteiger partial charge is 0.495 e. The van der Waals surface area contributed by atoms with E-state index in [1.54, 1.807) is 6.07 Å². The van der Waals surface area contributed by atoms with Crippen LogP contribution in [0.1, 0.15) is 39.9 Å². The van der Waals surface area contributed by atoms with Crippen LogP contribution in [0.2, 0.25) is 0 Å². The van der Waals surface area contributed by atoms with E-state index in [1.807, 2.05) is 19.9 Å². The second kappa shape index (κ2) is 8.40. The molecule has 1 saturated carbocycles. The minimum atomic E-state index is -3.84. The van der Waals surface area contributed by atoms with E-state index in [9.17, 15) is 18.0 Å². The third kappa shape index (κ3) is 4.53. The lowest BCUT2D eigenvalue weighted by Gasteiger charge is -2.12. The van der Waals surface area contributed by atoms with Crippen LogP contribution in [0, 0.1) is 13.8 Å². The molecule has 0 spiro atoms. The summed E-state index contributed by atoms with van der Waals surface area (Å²) in [7, 11) is -2.48. The zero-order chi connectivity index (χ0) is 23.0. The van der Waals surface area contributed by atoms with Crippen LogP contribution in [0.5, 0.6) is 5.75 Å². The van der Waals surface area contributed by atoms with Gasteiger partial charge in [-0.05, 0) is 68.1 Å². The number of hydrogen-bond donors (Lipinski definition) is 1. The molecule has 0 saturated heterocycles. The summed E-state index contributed by atoms with van der Waals surface area (Å²) in [5, 5.41) is 0.673. The van der Waals surface area contributed by atoms with Gasteiger partial charge in [-0.2, -0.15) is 0 Å². The highest BCUT2D eigenvalue weighted by molar-refractivity contribution is 7.89. The van der Waals surface area contributed by atoms with Crippen molar-refractivity contribution in [2.45, 2.75) is 44.2 Å². The topological polar surface area (TPSA) is 112 Å². The minimum absolute atomic E-state index is 0.0567. The van der Waals surface area contributed by atoms with E-state index in [0.29, 0.717) is 16.5 Å². The van der Waals surface area contributed by atoms with E-state index in [1.165, 1.54) is 31.4 Å². The highest BCUT2D eigenvalue weighted by atomic mass is 32.2. The maximum Gasteiger partial charge on any atom is 0.338 e. The fourth-order valence-electron chi connectivity index (χ4n) is 3.33. The van der Waals surface area contributed by atoms with Gasteiger partial charge in [0.05, 0.1) is 12.7 Å². The number of ether oxygens (including phenoxy) is 2. The fourth-order valence-corrected chi connectivity index (χ4v) is 4.83. The van der Waals surface area contributed by atoms with E-state index in [0.717, 1.165) is 24.0 Å². The Labute approximate surface area is 185 Å². The third-order valence-corrected chi connectivity index (χ3v) is 6.93. The van der Waals surface area contributed by atoms with Crippen molar-refractivity contribution in [2.75, 3.05) is 7.11 Å². The predicted octanol–water partition coefficient (Wildman–Crippen LogP) is 3.22. The number of sulfonamides is 1. The Morgan fingerprint density at radius 3 is 2.53 bits per heavy atom. The molecule has 2 aromatic carbocycles. The quantitative estimate of drug-likeness (QED) is 0.428. The van der Waals surface area contributed by atoms with Gasteiger partial charge < -0.3 is 13.9 Å². The molecular formula is C23H23NO7S. The van der Waals surface area contributed by atoms with E-state index < -0.39 is 21.6 Å². The van der Waals surface area contributed by atoms with Crippen LogP contribution in [0.25, 0.3) is 11.0 Å². The maximum atomic E-state index is 12.7. The number of benzene rings is 2. The molecule has 0 amide bonds. The second-order valence-corrected chi connectivity index (χ2v) is 9.54. The Bertz CT molecular complexity index is 1370. The number of hydrogen-bond acceptors (Lipinski definition) is 7. The van der Waals surface area contributed by atoms with Gasteiger partial charge in [0.25, 0.3) is 0 Å². The molecule has 0 unspecified atom stereocenters. The van der Waals surface area contributed by atoms with E-state index in [2.05, 4.69) is 4.72 Å². The molecule has 1 aliphatic carbocycles. The molecular weight excluding hydrogens is 434 g/mol. The normalized spacial score (nSPS) is 13.8. The number of fused-ring (bicyclic) bond motifs is 1. The van der Waals surface area contributed by atoms with Gasteiger partial charge in [0, 0.05) is 23.1 Å². The van der Waals surface area contributed by atoms with Crippen LogP contribution in [0.3, 0.4) is 0 Å². The van der Waals surface area contributed by atoms with Crippen LogP contribution < -0.4 is 15.1 Å². The minimum Gasteiger partial charge on any atom is -0.495 e. The van der Waals surface area contributed by atoms with Crippen LogP contribution in [-0.2, 0) is 21.4 Å². The first-order valence-corrected chi connectivity index (χ1v) is 11.6. The zero-order valence-electron chi connectivity index (χ0n) is 17.9. The Kier molecular flexibility index (Phi) is 5.79. The summed E-state index contributed by atoms with van der Waals surface area (Å²) >= 11 is 0. The number of rotatable bonds is 7. The van der Waals surface area contributed by atoms with Crippen molar-refractivity contribution in [3.05, 3.63) is 69.1 Å². The summed E-state index contributed by atoms with van der Waals surface area (Å²) in [5.41, 5.74) is 2.41. The summed E-state index contributed by atoms with van der Waals surface area (Å²) in [4.78, 5) is 24.5. The Morgan fingerprint density at radius 1 is 1.12 bits per heavy atom. The van der Waals surface area contributed by atoms with Crippen molar-refractivity contribution < 1.29 is 27.1 Å². The first-order valence-electron chi connectivity index (χ1n) is 10.1. The van der Waals surface area contributed by atoms with E-state index in [-0.39, 0.29) is 28.9 Å². The molecule has 0 atom stereocenters. The number of methoxy groups -OCH3 is 1. The average Bonchev–Trinajstić information content (AvgIpc) is 3.55. The van der Waals surface area contributed by atoms with Crippen molar-refractivity contribution >= 4 is 27.0 Å². The molecule has 1 aliphatic rings. The summed E-state index contributed by atoms with van der Waals surface area (Å²) in [6, 6.07) is 8.91. The van der Waals surface area contributed by atoms with Gasteiger partial charge in [0.1, 0.15) is 22.8 Å². The maximum absolute atomic E-state index is 12.7. The summed E-state index contributed by atoms with van der Waals surface area (Å²) < 4.78 is 43.8. The average molecular weight is 458 g/mol. The number of aryl methyl sites for hydroxylation is 2. The molecule has 4 rings (SSSR count). The Balaban J connectivity index is 1.61. The SMILES string of the molecule is COc1ccc(C(=O)OCc2cc(=O)oc3cc(C)c(C)cc23)cc1S(=O)(=O)NC1CC1. The molecule has 1 N–H and O–H groups in total. The molecule has 1 heterocycles. The van der Waals surface area contributed by atoms with Crippen molar-refractivity contribution in [1.82, 2.24) is 4.72 Å². The van der Waals surface area contributed by atoms with Gasteiger partial charge in [-0.25, -0.2) is 22.7 Å². The summed E-state index contributed by atoms with van der Waals surface area (Å²) in [5.74, 6) is -0.590. The van der Waals surface area contributed by atoms with Crippen molar-refractivity contribution in [3.8, 4) is 5.75 Å². The molecule has 32 heavy (non-hydrogen) atoms. The Hall–Kier alpha value is -3.17. The van der Waals surface area contributed by atoms with Gasteiger partial charge >= 0.3 is 11.6 Å². The lowest BCUT2D eigenvalue weighted by Crippen LogP contribution is -2.26. The van der Waals surface area contributed by atoms with Crippen LogP contribution >= 0.6 is 0 Å². The number of carbonyl (C=O) groups is 1. The molecule has 8 nitrogen and oxygen atoms in total. The van der Waals surface area contributed by atoms with E-state index >= 15 is 0 Å². The molecule has 0 bridgehead atoms. The van der Waals surface area contributed by atoms with Crippen LogP contribution in [0.15, 0.2) is 50.5 Å². The Morgan fingerprint density at radius 2 is 1.84 bits per heavy atom. The second-order valence-electron chi connectivity index (χ2n) is 7.86. The number of esters is 1. The fraction of sp³-hybridized carbons (Fsp3) is 0.304.